The summed E-state index contributed by atoms with van der Waals surface area (Å²) in [6.07, 6.45) is 1.43. The van der Waals surface area contributed by atoms with Gasteiger partial charge in [-0.15, -0.1) is 0 Å². The molecule has 0 unspecified atom stereocenters. The second-order valence-electron chi connectivity index (χ2n) is 3.37. The molecule has 0 amide bonds. The van der Waals surface area contributed by atoms with E-state index in [0.717, 1.165) is 5.39 Å². The van der Waals surface area contributed by atoms with Gasteiger partial charge in [0.15, 0.2) is 5.76 Å². The molecule has 3 aromatic rings. The van der Waals surface area contributed by atoms with E-state index >= 15 is 0 Å². The lowest BCUT2D eigenvalue weighted by Gasteiger charge is -1.89. The van der Waals surface area contributed by atoms with E-state index in [1.165, 1.54) is 6.20 Å². The van der Waals surface area contributed by atoms with Crippen molar-refractivity contribution in [2.45, 2.75) is 0 Å². The molecule has 0 bridgehead atoms. The minimum Gasteiger partial charge on any atom is -0.453 e. The average molecular weight is 235 g/mol. The van der Waals surface area contributed by atoms with Crippen LogP contribution in [-0.2, 0) is 0 Å². The normalized spacial score (nSPS) is 11.1. The van der Waals surface area contributed by atoms with Crippen molar-refractivity contribution in [3.8, 4) is 11.5 Å². The van der Waals surface area contributed by atoms with Crippen LogP contribution in [0.1, 0.15) is 0 Å². The maximum atomic E-state index is 6.03. The summed E-state index contributed by atoms with van der Waals surface area (Å²) in [5, 5.41) is 5.06. The Morgan fingerprint density at radius 2 is 2.19 bits per heavy atom. The lowest BCUT2D eigenvalue weighted by atomic mass is 10.2. The molecule has 1 aromatic carbocycles. The van der Waals surface area contributed by atoms with Gasteiger partial charge in [-0.2, -0.15) is 0 Å². The van der Waals surface area contributed by atoms with E-state index in [0.29, 0.717) is 27.8 Å². The van der Waals surface area contributed by atoms with Gasteiger partial charge in [-0.1, -0.05) is 22.8 Å². The number of hydrogen-bond donors (Lipinski definition) is 1. The molecule has 80 valence electrons. The summed E-state index contributed by atoms with van der Waals surface area (Å²) in [5.41, 5.74) is 6.82. The van der Waals surface area contributed by atoms with Crippen molar-refractivity contribution in [2.24, 2.45) is 0 Å². The van der Waals surface area contributed by atoms with E-state index in [1.807, 2.05) is 12.1 Å². The van der Waals surface area contributed by atoms with Crippen molar-refractivity contribution < 1.29 is 8.94 Å². The van der Waals surface area contributed by atoms with Gasteiger partial charge in [0, 0.05) is 5.39 Å². The van der Waals surface area contributed by atoms with E-state index in [-0.39, 0.29) is 0 Å². The molecule has 0 spiro atoms. The van der Waals surface area contributed by atoms with Crippen LogP contribution in [0.2, 0.25) is 5.02 Å². The summed E-state index contributed by atoms with van der Waals surface area (Å²) >= 11 is 6.03. The maximum Gasteiger partial charge on any atom is 0.224 e. The second kappa shape index (κ2) is 3.28. The van der Waals surface area contributed by atoms with Crippen LogP contribution in [0.5, 0.6) is 0 Å². The predicted octanol–water partition coefficient (Wildman–Crippen LogP) is 3.32. The van der Waals surface area contributed by atoms with Crippen LogP contribution in [-0.4, -0.2) is 5.16 Å². The molecule has 0 radical (unpaired) electrons. The van der Waals surface area contributed by atoms with Crippen molar-refractivity contribution >= 4 is 28.3 Å². The molecule has 3 rings (SSSR count). The Bertz CT molecular complexity index is 657. The Kier molecular flexibility index (Phi) is 1.91. The molecular formula is C11H7ClN2O2. The molecule has 2 aromatic heterocycles. The third kappa shape index (κ3) is 1.27. The van der Waals surface area contributed by atoms with Crippen molar-refractivity contribution in [1.82, 2.24) is 5.16 Å². The lowest BCUT2D eigenvalue weighted by molar-refractivity contribution is 0.421. The van der Waals surface area contributed by atoms with Crippen LogP contribution in [0.25, 0.3) is 22.5 Å². The van der Waals surface area contributed by atoms with Gasteiger partial charge in [0.2, 0.25) is 5.76 Å². The fourth-order valence-electron chi connectivity index (χ4n) is 1.57. The van der Waals surface area contributed by atoms with Crippen LogP contribution >= 0.6 is 11.6 Å². The predicted molar refractivity (Wildman–Crippen MR) is 61.1 cm³/mol. The Labute approximate surface area is 95.6 Å². The van der Waals surface area contributed by atoms with Gasteiger partial charge in [0.1, 0.15) is 11.3 Å². The number of fused-ring (bicyclic) bond motifs is 1. The fourth-order valence-corrected chi connectivity index (χ4v) is 1.79. The number of nitrogens with two attached hydrogens (primary N) is 1. The molecule has 16 heavy (non-hydrogen) atoms. The van der Waals surface area contributed by atoms with E-state index in [1.54, 1.807) is 12.1 Å². The fraction of sp³-hybridized carbons (Fsp3) is 0. The van der Waals surface area contributed by atoms with Gasteiger partial charge < -0.3 is 14.7 Å². The monoisotopic (exact) mass is 234 g/mol. The molecule has 0 aliphatic heterocycles. The van der Waals surface area contributed by atoms with Crippen molar-refractivity contribution in [3.05, 3.63) is 35.5 Å². The number of hydrogen-bond acceptors (Lipinski definition) is 4. The summed E-state index contributed by atoms with van der Waals surface area (Å²) in [4.78, 5) is 0. The second-order valence-corrected chi connectivity index (χ2v) is 3.78. The van der Waals surface area contributed by atoms with E-state index in [4.69, 9.17) is 26.3 Å². The van der Waals surface area contributed by atoms with E-state index in [2.05, 4.69) is 5.16 Å². The highest BCUT2D eigenvalue weighted by atomic mass is 35.5. The van der Waals surface area contributed by atoms with Crippen LogP contribution in [0.4, 0.5) is 5.69 Å². The smallest absolute Gasteiger partial charge is 0.224 e. The molecule has 0 saturated carbocycles. The van der Waals surface area contributed by atoms with Gasteiger partial charge >= 0.3 is 0 Å². The summed E-state index contributed by atoms with van der Waals surface area (Å²) < 4.78 is 10.6. The minimum atomic E-state index is 0.423. The topological polar surface area (TPSA) is 65.2 Å². The zero-order chi connectivity index (χ0) is 11.1. The molecular weight excluding hydrogens is 228 g/mol. The lowest BCUT2D eigenvalue weighted by Crippen LogP contribution is -1.82. The summed E-state index contributed by atoms with van der Waals surface area (Å²) in [7, 11) is 0. The third-order valence-electron chi connectivity index (χ3n) is 2.33. The highest BCUT2D eigenvalue weighted by molar-refractivity contribution is 6.35. The minimum absolute atomic E-state index is 0.423. The SMILES string of the molecule is Nc1cnoc1-c1cc2c(Cl)cccc2o1. The number of benzene rings is 1. The molecule has 4 nitrogen and oxygen atoms in total. The summed E-state index contributed by atoms with van der Waals surface area (Å²) in [6, 6.07) is 7.24. The van der Waals surface area contributed by atoms with Crippen LogP contribution in [0.15, 0.2) is 39.4 Å². The average Bonchev–Trinajstić information content (AvgIpc) is 2.84. The number of furan rings is 1. The van der Waals surface area contributed by atoms with Crippen LogP contribution in [0, 0.1) is 0 Å². The van der Waals surface area contributed by atoms with Gasteiger partial charge in [-0.05, 0) is 18.2 Å². The Hall–Kier alpha value is -1.94. The third-order valence-corrected chi connectivity index (χ3v) is 2.66. The van der Waals surface area contributed by atoms with Gasteiger partial charge in [0.25, 0.3) is 0 Å². The number of nitrogens with zero attached hydrogens (tertiary/aromatic N) is 1. The number of nitrogen functional groups attached to an aromatic ring is 1. The van der Waals surface area contributed by atoms with Crippen molar-refractivity contribution in [1.29, 1.82) is 0 Å². The van der Waals surface area contributed by atoms with Crippen LogP contribution < -0.4 is 5.73 Å². The summed E-state index contributed by atoms with van der Waals surface area (Å²) in [6.45, 7) is 0. The zero-order valence-electron chi connectivity index (χ0n) is 8.11. The highest BCUT2D eigenvalue weighted by Crippen LogP contribution is 2.34. The zero-order valence-corrected chi connectivity index (χ0v) is 8.86. The molecule has 0 fully saturated rings. The molecule has 0 atom stereocenters. The van der Waals surface area contributed by atoms with Crippen molar-refractivity contribution in [2.75, 3.05) is 5.73 Å². The largest absolute Gasteiger partial charge is 0.453 e. The molecule has 0 saturated heterocycles. The van der Waals surface area contributed by atoms with Gasteiger partial charge in [-0.25, -0.2) is 0 Å². The first kappa shape index (κ1) is 9.30. The Balaban J connectivity index is 2.27. The van der Waals surface area contributed by atoms with Crippen LogP contribution in [0.3, 0.4) is 0 Å². The van der Waals surface area contributed by atoms with E-state index in [9.17, 15) is 0 Å². The quantitative estimate of drug-likeness (QED) is 0.701. The Morgan fingerprint density at radius 1 is 1.31 bits per heavy atom. The highest BCUT2D eigenvalue weighted by Gasteiger charge is 2.14. The number of aromatic nitrogens is 1. The number of halogens is 1. The van der Waals surface area contributed by atoms with Gasteiger partial charge in [-0.3, -0.25) is 0 Å². The number of anilines is 1. The number of rotatable bonds is 1. The van der Waals surface area contributed by atoms with Crippen molar-refractivity contribution in [3.63, 3.8) is 0 Å². The summed E-state index contributed by atoms with van der Waals surface area (Å²) in [5.74, 6) is 0.949. The first-order valence-corrected chi connectivity index (χ1v) is 5.02. The molecule has 0 aliphatic rings. The first-order valence-electron chi connectivity index (χ1n) is 4.64. The van der Waals surface area contributed by atoms with E-state index < -0.39 is 0 Å². The van der Waals surface area contributed by atoms with Gasteiger partial charge in [0.05, 0.1) is 11.2 Å². The molecule has 5 heteroatoms. The first-order chi connectivity index (χ1) is 7.75. The molecule has 0 aliphatic carbocycles. The Morgan fingerprint density at radius 3 is 2.88 bits per heavy atom. The molecule has 2 heterocycles. The molecule has 2 N–H and O–H groups in total. The standard InChI is InChI=1S/C11H7ClN2O2/c12-7-2-1-3-9-6(7)4-10(15-9)11-8(13)5-14-16-11/h1-5H,13H2. The maximum absolute atomic E-state index is 6.03.